The number of fused-ring (bicyclic) bond motifs is 3. The molecule has 0 aromatic carbocycles. The Morgan fingerprint density at radius 2 is 2.00 bits per heavy atom. The van der Waals surface area contributed by atoms with Gasteiger partial charge in [-0.3, -0.25) is 0 Å². The van der Waals surface area contributed by atoms with Crippen molar-refractivity contribution < 1.29 is 0 Å². The molecule has 2 aromatic rings. The number of aryl methyl sites for hydroxylation is 1. The molecule has 6 heteroatoms. The molecule has 0 N–H and O–H groups in total. The van der Waals surface area contributed by atoms with Gasteiger partial charge in [0, 0.05) is 25.9 Å². The molecule has 2 aromatic heterocycles. The van der Waals surface area contributed by atoms with E-state index in [1.165, 1.54) is 18.4 Å². The predicted molar refractivity (Wildman–Crippen MR) is 78.0 cm³/mol. The summed E-state index contributed by atoms with van der Waals surface area (Å²) in [5.41, 5.74) is 5.39. The van der Waals surface area contributed by atoms with E-state index in [1.54, 1.807) is 4.80 Å². The number of halogens is 1. The first-order valence-corrected chi connectivity index (χ1v) is 7.28. The van der Waals surface area contributed by atoms with Gasteiger partial charge < -0.3 is 4.90 Å². The molecule has 0 bridgehead atoms. The molecule has 0 spiro atoms. The average Bonchev–Trinajstić information content (AvgIpc) is 3.18. The summed E-state index contributed by atoms with van der Waals surface area (Å²) in [5, 5.41) is 9.67. The second-order valence-corrected chi connectivity index (χ2v) is 6.07. The molecule has 1 aliphatic heterocycles. The average molecular weight is 290 g/mol. The van der Waals surface area contributed by atoms with Gasteiger partial charge in [0.1, 0.15) is 11.4 Å². The van der Waals surface area contributed by atoms with Gasteiger partial charge in [-0.25, -0.2) is 4.98 Å². The topological polar surface area (TPSA) is 46.8 Å². The van der Waals surface area contributed by atoms with E-state index in [4.69, 9.17) is 11.6 Å². The fourth-order valence-electron chi connectivity index (χ4n) is 3.02. The van der Waals surface area contributed by atoms with E-state index in [-0.39, 0.29) is 6.04 Å². The summed E-state index contributed by atoms with van der Waals surface area (Å²) < 4.78 is 0. The van der Waals surface area contributed by atoms with Crippen molar-refractivity contribution in [2.24, 2.45) is 7.05 Å². The number of nitrogens with zero attached hydrogens (tertiary/aromatic N) is 5. The van der Waals surface area contributed by atoms with Crippen LogP contribution in [0.15, 0.2) is 6.20 Å². The minimum absolute atomic E-state index is 0.153. The zero-order chi connectivity index (χ0) is 14.0. The van der Waals surface area contributed by atoms with E-state index in [1.807, 2.05) is 20.3 Å². The van der Waals surface area contributed by atoms with Crippen LogP contribution in [0.2, 0.25) is 5.15 Å². The van der Waals surface area contributed by atoms with Gasteiger partial charge in [0.05, 0.1) is 11.7 Å². The molecule has 1 unspecified atom stereocenters. The van der Waals surface area contributed by atoms with E-state index < -0.39 is 0 Å². The Hall–Kier alpha value is -1.62. The molecule has 5 nitrogen and oxygen atoms in total. The standard InChI is InChI=1S/C14H16ClN5/c1-7-11-12(18-20(3)17-11)10-9(8-4-5-8)6-16-14(15)13(10)19(7)2/h6-8H,4-5H2,1-3H3. The molecule has 1 aliphatic carbocycles. The molecular formula is C14H16ClN5. The number of hydrogen-bond acceptors (Lipinski definition) is 4. The van der Waals surface area contributed by atoms with Gasteiger partial charge >= 0.3 is 0 Å². The van der Waals surface area contributed by atoms with Crippen LogP contribution < -0.4 is 4.90 Å². The van der Waals surface area contributed by atoms with Crippen LogP contribution in [0.3, 0.4) is 0 Å². The van der Waals surface area contributed by atoms with Gasteiger partial charge in [0.25, 0.3) is 0 Å². The van der Waals surface area contributed by atoms with Crippen molar-refractivity contribution in [1.82, 2.24) is 20.0 Å². The van der Waals surface area contributed by atoms with Gasteiger partial charge in [-0.05, 0) is 31.2 Å². The normalized spacial score (nSPS) is 20.8. The number of rotatable bonds is 1. The molecule has 2 aliphatic rings. The summed E-state index contributed by atoms with van der Waals surface area (Å²) >= 11 is 6.36. The van der Waals surface area contributed by atoms with Crippen molar-refractivity contribution in [3.63, 3.8) is 0 Å². The van der Waals surface area contributed by atoms with Crippen molar-refractivity contribution in [3.8, 4) is 11.3 Å². The lowest BCUT2D eigenvalue weighted by Gasteiger charge is -2.33. The molecule has 3 heterocycles. The largest absolute Gasteiger partial charge is 0.363 e. The van der Waals surface area contributed by atoms with Gasteiger partial charge in [-0.15, -0.1) is 0 Å². The summed E-state index contributed by atoms with van der Waals surface area (Å²) in [6, 6.07) is 0.153. The van der Waals surface area contributed by atoms with Crippen LogP contribution in [0.25, 0.3) is 11.3 Å². The van der Waals surface area contributed by atoms with Crippen LogP contribution in [-0.4, -0.2) is 27.0 Å². The van der Waals surface area contributed by atoms with E-state index in [9.17, 15) is 0 Å². The van der Waals surface area contributed by atoms with E-state index in [0.717, 1.165) is 22.6 Å². The SMILES string of the molecule is CC1c2nn(C)nc2-c2c(C3CC3)cnc(Cl)c2N1C. The highest BCUT2D eigenvalue weighted by Gasteiger charge is 2.37. The monoisotopic (exact) mass is 289 g/mol. The third-order valence-corrected chi connectivity index (χ3v) is 4.64. The summed E-state index contributed by atoms with van der Waals surface area (Å²) in [6.07, 6.45) is 4.37. The third-order valence-electron chi connectivity index (χ3n) is 4.36. The number of anilines is 1. The van der Waals surface area contributed by atoms with Gasteiger partial charge in [-0.2, -0.15) is 15.0 Å². The number of hydrogen-bond donors (Lipinski definition) is 0. The highest BCUT2D eigenvalue weighted by Crippen LogP contribution is 2.52. The Bertz CT molecular complexity index is 704. The van der Waals surface area contributed by atoms with Crippen molar-refractivity contribution in [2.75, 3.05) is 11.9 Å². The zero-order valence-electron chi connectivity index (χ0n) is 11.8. The summed E-state index contributed by atoms with van der Waals surface area (Å²) in [6.45, 7) is 2.12. The van der Waals surface area contributed by atoms with Gasteiger partial charge in [-0.1, -0.05) is 11.6 Å². The van der Waals surface area contributed by atoms with Crippen LogP contribution in [0.4, 0.5) is 5.69 Å². The fourth-order valence-corrected chi connectivity index (χ4v) is 3.30. The first-order valence-electron chi connectivity index (χ1n) is 6.90. The van der Waals surface area contributed by atoms with Crippen LogP contribution >= 0.6 is 11.6 Å². The van der Waals surface area contributed by atoms with Crippen LogP contribution in [0.1, 0.15) is 43.0 Å². The molecule has 1 fully saturated rings. The summed E-state index contributed by atoms with van der Waals surface area (Å²) in [4.78, 5) is 8.20. The molecular weight excluding hydrogens is 274 g/mol. The Morgan fingerprint density at radius 3 is 2.70 bits per heavy atom. The molecule has 0 radical (unpaired) electrons. The molecule has 4 rings (SSSR count). The maximum absolute atomic E-state index is 6.36. The van der Waals surface area contributed by atoms with Crippen molar-refractivity contribution in [1.29, 1.82) is 0 Å². The van der Waals surface area contributed by atoms with Crippen LogP contribution in [0.5, 0.6) is 0 Å². The maximum Gasteiger partial charge on any atom is 0.153 e. The van der Waals surface area contributed by atoms with Crippen LogP contribution in [0, 0.1) is 0 Å². The first-order chi connectivity index (χ1) is 9.58. The minimum Gasteiger partial charge on any atom is -0.363 e. The van der Waals surface area contributed by atoms with E-state index in [2.05, 4.69) is 27.0 Å². The number of pyridine rings is 1. The second-order valence-electron chi connectivity index (χ2n) is 5.71. The maximum atomic E-state index is 6.36. The minimum atomic E-state index is 0.153. The summed E-state index contributed by atoms with van der Waals surface area (Å²) in [7, 11) is 3.91. The highest BCUT2D eigenvalue weighted by atomic mass is 35.5. The van der Waals surface area contributed by atoms with Gasteiger partial charge in [0.15, 0.2) is 5.15 Å². The van der Waals surface area contributed by atoms with E-state index in [0.29, 0.717) is 11.1 Å². The second kappa shape index (κ2) is 3.95. The fraction of sp³-hybridized carbons (Fsp3) is 0.500. The van der Waals surface area contributed by atoms with Crippen molar-refractivity contribution in [3.05, 3.63) is 22.6 Å². The smallest absolute Gasteiger partial charge is 0.153 e. The van der Waals surface area contributed by atoms with Gasteiger partial charge in [0.2, 0.25) is 0 Å². The lowest BCUT2D eigenvalue weighted by Crippen LogP contribution is -2.27. The Labute approximate surface area is 122 Å². The molecule has 1 saturated carbocycles. The summed E-state index contributed by atoms with van der Waals surface area (Å²) in [5.74, 6) is 0.602. The molecule has 0 saturated heterocycles. The van der Waals surface area contributed by atoms with E-state index >= 15 is 0 Å². The zero-order valence-corrected chi connectivity index (χ0v) is 12.5. The Kier molecular flexibility index (Phi) is 2.40. The molecule has 1 atom stereocenters. The lowest BCUT2D eigenvalue weighted by molar-refractivity contribution is 0.625. The lowest BCUT2D eigenvalue weighted by atomic mass is 9.93. The van der Waals surface area contributed by atoms with Crippen molar-refractivity contribution >= 4 is 17.3 Å². The van der Waals surface area contributed by atoms with Crippen LogP contribution in [-0.2, 0) is 7.05 Å². The molecule has 104 valence electrons. The first kappa shape index (κ1) is 12.1. The molecule has 0 amide bonds. The predicted octanol–water partition coefficient (Wildman–Crippen LogP) is 2.92. The number of aromatic nitrogens is 4. The quantitative estimate of drug-likeness (QED) is 0.757. The Balaban J connectivity index is 2.06. The molecule has 20 heavy (non-hydrogen) atoms. The Morgan fingerprint density at radius 1 is 1.25 bits per heavy atom. The highest BCUT2D eigenvalue weighted by molar-refractivity contribution is 6.33. The third kappa shape index (κ3) is 1.53. The van der Waals surface area contributed by atoms with Crippen molar-refractivity contribution in [2.45, 2.75) is 31.7 Å².